The monoisotopic (exact) mass is 352 g/mol. The molecule has 0 aliphatic carbocycles. The number of ether oxygens (including phenoxy) is 1. The molecule has 4 N–H and O–H groups in total. The number of nitrogens with one attached hydrogen (secondary N) is 2. The van der Waals surface area contributed by atoms with E-state index in [0.29, 0.717) is 17.0 Å². The van der Waals surface area contributed by atoms with Crippen LogP contribution in [0.5, 0.6) is 5.75 Å². The third kappa shape index (κ3) is 5.65. The standard InChI is InChI=1S/C18H16N4O4/c19-9-12-4-6-15(7-5-12)26-11-17(24)22-14-3-1-2-13(8-14)18(25)21-10-16(20)23/h1-8H,10-11H2,(H2,20,23)(H,21,25)(H,22,24). The number of benzene rings is 2. The zero-order valence-electron chi connectivity index (χ0n) is 13.7. The fraction of sp³-hybridized carbons (Fsp3) is 0.111. The van der Waals surface area contributed by atoms with Crippen molar-refractivity contribution in [2.75, 3.05) is 18.5 Å². The number of anilines is 1. The molecule has 132 valence electrons. The van der Waals surface area contributed by atoms with E-state index in [1.807, 2.05) is 6.07 Å². The van der Waals surface area contributed by atoms with E-state index < -0.39 is 17.7 Å². The van der Waals surface area contributed by atoms with E-state index in [9.17, 15) is 14.4 Å². The molecule has 0 saturated carbocycles. The Morgan fingerprint density at radius 1 is 1.12 bits per heavy atom. The molecule has 0 aromatic heterocycles. The molecule has 0 radical (unpaired) electrons. The Hall–Kier alpha value is -3.86. The van der Waals surface area contributed by atoms with Crippen LogP contribution in [0.2, 0.25) is 0 Å². The molecule has 0 heterocycles. The summed E-state index contributed by atoms with van der Waals surface area (Å²) in [6.07, 6.45) is 0. The highest BCUT2D eigenvalue weighted by Gasteiger charge is 2.09. The van der Waals surface area contributed by atoms with Crippen molar-refractivity contribution in [1.82, 2.24) is 5.32 Å². The molecule has 0 atom stereocenters. The van der Waals surface area contributed by atoms with Gasteiger partial charge in [-0.25, -0.2) is 0 Å². The normalized spacial score (nSPS) is 9.65. The highest BCUT2D eigenvalue weighted by atomic mass is 16.5. The lowest BCUT2D eigenvalue weighted by Gasteiger charge is -2.09. The van der Waals surface area contributed by atoms with Crippen LogP contribution in [-0.4, -0.2) is 30.9 Å². The molecule has 0 spiro atoms. The van der Waals surface area contributed by atoms with Gasteiger partial charge in [-0.05, 0) is 42.5 Å². The van der Waals surface area contributed by atoms with E-state index >= 15 is 0 Å². The van der Waals surface area contributed by atoms with Gasteiger partial charge in [0, 0.05) is 11.3 Å². The van der Waals surface area contributed by atoms with Gasteiger partial charge in [0.1, 0.15) is 5.75 Å². The quantitative estimate of drug-likeness (QED) is 0.677. The highest BCUT2D eigenvalue weighted by Crippen LogP contribution is 2.13. The molecule has 26 heavy (non-hydrogen) atoms. The van der Waals surface area contributed by atoms with Gasteiger partial charge in [0.15, 0.2) is 6.61 Å². The van der Waals surface area contributed by atoms with Gasteiger partial charge in [0.25, 0.3) is 11.8 Å². The lowest BCUT2D eigenvalue weighted by Crippen LogP contribution is -2.33. The SMILES string of the molecule is N#Cc1ccc(OCC(=O)Nc2cccc(C(=O)NCC(N)=O)c2)cc1. The zero-order valence-corrected chi connectivity index (χ0v) is 13.7. The fourth-order valence-electron chi connectivity index (χ4n) is 1.98. The van der Waals surface area contributed by atoms with Crippen LogP contribution >= 0.6 is 0 Å². The Bertz CT molecular complexity index is 856. The van der Waals surface area contributed by atoms with Crippen molar-refractivity contribution in [3.8, 4) is 11.8 Å². The van der Waals surface area contributed by atoms with Crippen LogP contribution in [0, 0.1) is 11.3 Å². The maximum atomic E-state index is 12.0. The first-order chi connectivity index (χ1) is 12.5. The largest absolute Gasteiger partial charge is 0.484 e. The highest BCUT2D eigenvalue weighted by molar-refractivity contribution is 5.98. The molecule has 2 aromatic rings. The van der Waals surface area contributed by atoms with Gasteiger partial charge in [-0.15, -0.1) is 0 Å². The Labute approximate surface area is 149 Å². The first-order valence-electron chi connectivity index (χ1n) is 7.57. The van der Waals surface area contributed by atoms with Crippen molar-refractivity contribution in [3.05, 3.63) is 59.7 Å². The molecule has 0 aliphatic heterocycles. The summed E-state index contributed by atoms with van der Waals surface area (Å²) in [6, 6.07) is 14.6. The number of rotatable bonds is 7. The third-order valence-electron chi connectivity index (χ3n) is 3.19. The molecule has 0 fully saturated rings. The Morgan fingerprint density at radius 3 is 2.50 bits per heavy atom. The minimum Gasteiger partial charge on any atom is -0.484 e. The van der Waals surface area contributed by atoms with Crippen LogP contribution in [0.25, 0.3) is 0 Å². The van der Waals surface area contributed by atoms with Crippen LogP contribution in [0.15, 0.2) is 48.5 Å². The molecule has 0 saturated heterocycles. The van der Waals surface area contributed by atoms with Crippen LogP contribution in [0.4, 0.5) is 5.69 Å². The first kappa shape index (κ1) is 18.5. The zero-order chi connectivity index (χ0) is 18.9. The van der Waals surface area contributed by atoms with Crippen LogP contribution in [0.1, 0.15) is 15.9 Å². The average molecular weight is 352 g/mol. The summed E-state index contributed by atoms with van der Waals surface area (Å²) in [5.41, 5.74) is 6.15. The summed E-state index contributed by atoms with van der Waals surface area (Å²) in [5, 5.41) is 13.7. The molecule has 0 aliphatic rings. The minimum atomic E-state index is -0.650. The van der Waals surface area contributed by atoms with Crippen molar-refractivity contribution < 1.29 is 19.1 Å². The molecular weight excluding hydrogens is 336 g/mol. The van der Waals surface area contributed by atoms with Crippen LogP contribution in [-0.2, 0) is 9.59 Å². The third-order valence-corrected chi connectivity index (χ3v) is 3.19. The lowest BCUT2D eigenvalue weighted by molar-refractivity contribution is -0.118. The molecule has 8 heteroatoms. The first-order valence-corrected chi connectivity index (χ1v) is 7.57. The number of nitriles is 1. The number of carbonyl (C=O) groups is 3. The topological polar surface area (TPSA) is 134 Å². The second-order valence-electron chi connectivity index (χ2n) is 5.20. The number of carbonyl (C=O) groups excluding carboxylic acids is 3. The summed E-state index contributed by atoms with van der Waals surface area (Å²) in [5.74, 6) is -1.08. The number of hydrogen-bond acceptors (Lipinski definition) is 5. The fourth-order valence-corrected chi connectivity index (χ4v) is 1.98. The van der Waals surface area contributed by atoms with E-state index in [-0.39, 0.29) is 18.7 Å². The second kappa shape index (κ2) is 8.84. The van der Waals surface area contributed by atoms with E-state index in [1.54, 1.807) is 42.5 Å². The second-order valence-corrected chi connectivity index (χ2v) is 5.20. The molecule has 0 bridgehead atoms. The smallest absolute Gasteiger partial charge is 0.262 e. The number of nitrogens with zero attached hydrogens (tertiary/aromatic N) is 1. The average Bonchev–Trinajstić information content (AvgIpc) is 2.65. The maximum absolute atomic E-state index is 12.0. The van der Waals surface area contributed by atoms with Crippen LogP contribution in [0.3, 0.4) is 0 Å². The van der Waals surface area contributed by atoms with Gasteiger partial charge in [-0.3, -0.25) is 14.4 Å². The molecular formula is C18H16N4O4. The van der Waals surface area contributed by atoms with Crippen molar-refractivity contribution in [2.24, 2.45) is 5.73 Å². The van der Waals surface area contributed by atoms with Crippen molar-refractivity contribution in [3.63, 3.8) is 0 Å². The van der Waals surface area contributed by atoms with Gasteiger partial charge in [-0.1, -0.05) is 6.07 Å². The van der Waals surface area contributed by atoms with Gasteiger partial charge >= 0.3 is 0 Å². The van der Waals surface area contributed by atoms with Gasteiger partial charge in [0.05, 0.1) is 18.2 Å². The van der Waals surface area contributed by atoms with Crippen LogP contribution < -0.4 is 21.1 Å². The molecule has 8 nitrogen and oxygen atoms in total. The molecule has 3 amide bonds. The Kier molecular flexibility index (Phi) is 6.28. The van der Waals surface area contributed by atoms with Gasteiger partial charge in [-0.2, -0.15) is 5.26 Å². The van der Waals surface area contributed by atoms with Gasteiger partial charge < -0.3 is 21.1 Å². The number of hydrogen-bond donors (Lipinski definition) is 3. The van der Waals surface area contributed by atoms with Crippen molar-refractivity contribution >= 4 is 23.4 Å². The number of primary amides is 1. The molecule has 0 unspecified atom stereocenters. The molecule has 2 aromatic carbocycles. The lowest BCUT2D eigenvalue weighted by atomic mass is 10.2. The van der Waals surface area contributed by atoms with E-state index in [4.69, 9.17) is 15.7 Å². The number of amides is 3. The van der Waals surface area contributed by atoms with Crippen molar-refractivity contribution in [1.29, 1.82) is 5.26 Å². The van der Waals surface area contributed by atoms with E-state index in [0.717, 1.165) is 0 Å². The maximum Gasteiger partial charge on any atom is 0.262 e. The Morgan fingerprint density at radius 2 is 1.85 bits per heavy atom. The summed E-state index contributed by atoms with van der Waals surface area (Å²) < 4.78 is 5.33. The van der Waals surface area contributed by atoms with E-state index in [1.165, 1.54) is 6.07 Å². The minimum absolute atomic E-state index is 0.232. The predicted octanol–water partition coefficient (Wildman–Crippen LogP) is 0.791. The van der Waals surface area contributed by atoms with Crippen molar-refractivity contribution in [2.45, 2.75) is 0 Å². The predicted molar refractivity (Wildman–Crippen MR) is 93.3 cm³/mol. The summed E-state index contributed by atoms with van der Waals surface area (Å²) >= 11 is 0. The molecule has 2 rings (SSSR count). The summed E-state index contributed by atoms with van der Waals surface area (Å²) in [6.45, 7) is -0.502. The Balaban J connectivity index is 1.90. The summed E-state index contributed by atoms with van der Waals surface area (Å²) in [4.78, 5) is 34.5. The van der Waals surface area contributed by atoms with Gasteiger partial charge in [0.2, 0.25) is 5.91 Å². The van der Waals surface area contributed by atoms with E-state index in [2.05, 4.69) is 10.6 Å². The number of nitrogens with two attached hydrogens (primary N) is 1. The summed E-state index contributed by atoms with van der Waals surface area (Å²) in [7, 11) is 0.